The van der Waals surface area contributed by atoms with Crippen molar-refractivity contribution in [2.75, 3.05) is 5.73 Å². The van der Waals surface area contributed by atoms with Crippen LogP contribution in [0, 0.1) is 5.82 Å². The van der Waals surface area contributed by atoms with Crippen LogP contribution in [0.15, 0.2) is 28.7 Å². The number of nitrogen functional groups attached to an aromatic ring is 1. The summed E-state index contributed by atoms with van der Waals surface area (Å²) in [5.74, 6) is -4.22. The number of anilines is 1. The van der Waals surface area contributed by atoms with Crippen LogP contribution in [0.1, 0.15) is 36.3 Å². The van der Waals surface area contributed by atoms with Crippen LogP contribution >= 0.6 is 0 Å². The number of hydrogen-bond acceptors (Lipinski definition) is 7. The molecule has 0 fully saturated rings. The maximum absolute atomic E-state index is 14.1. The van der Waals surface area contributed by atoms with E-state index in [1.54, 1.807) is 0 Å². The zero-order valence-electron chi connectivity index (χ0n) is 17.0. The Labute approximate surface area is 186 Å². The Bertz CT molecular complexity index is 1230. The molecule has 0 saturated carbocycles. The molecule has 0 radical (unpaired) electrons. The Hall–Kier alpha value is -3.42. The number of ether oxygens (including phenoxy) is 1. The van der Waals surface area contributed by atoms with Gasteiger partial charge in [0, 0.05) is 6.07 Å². The van der Waals surface area contributed by atoms with E-state index in [0.717, 1.165) is 12.1 Å². The van der Waals surface area contributed by atoms with Gasteiger partial charge in [0.05, 0.1) is 5.69 Å². The van der Waals surface area contributed by atoms with Gasteiger partial charge in [-0.2, -0.15) is 26.3 Å². The number of fused-ring (bicyclic) bond motifs is 7. The number of aromatic nitrogens is 3. The molecular weight excluding hydrogens is 477 g/mol. The minimum atomic E-state index is -5.22. The van der Waals surface area contributed by atoms with E-state index in [9.17, 15) is 35.8 Å². The highest BCUT2D eigenvalue weighted by Gasteiger charge is 2.58. The minimum absolute atomic E-state index is 0.0453. The molecule has 0 aliphatic carbocycles. The molecule has 3 heterocycles. The van der Waals surface area contributed by atoms with Crippen molar-refractivity contribution in [1.82, 2.24) is 15.2 Å². The van der Waals surface area contributed by atoms with E-state index in [0.29, 0.717) is 6.07 Å². The van der Waals surface area contributed by atoms with E-state index in [-0.39, 0.29) is 30.6 Å². The van der Waals surface area contributed by atoms with Crippen LogP contribution in [-0.2, 0) is 18.2 Å². The van der Waals surface area contributed by atoms with E-state index in [1.165, 1.54) is 6.07 Å². The van der Waals surface area contributed by atoms with E-state index >= 15 is 0 Å². The number of nitrogens with two attached hydrogens (primary N) is 1. The summed E-state index contributed by atoms with van der Waals surface area (Å²) in [6.07, 6.45) is -11.2. The molecule has 2 aromatic heterocycles. The summed E-state index contributed by atoms with van der Waals surface area (Å²) >= 11 is 0. The highest BCUT2D eigenvalue weighted by atomic mass is 19.4. The van der Waals surface area contributed by atoms with Gasteiger partial charge in [-0.1, -0.05) is 0 Å². The van der Waals surface area contributed by atoms with Gasteiger partial charge in [0.2, 0.25) is 11.5 Å². The van der Waals surface area contributed by atoms with E-state index in [2.05, 4.69) is 15.2 Å². The Morgan fingerprint density at radius 1 is 1.00 bits per heavy atom. The molecule has 6 bridgehead atoms. The first kappa shape index (κ1) is 23.7. The first-order chi connectivity index (χ1) is 15.8. The topological polar surface area (TPSA) is 107 Å². The van der Waals surface area contributed by atoms with Gasteiger partial charge in [-0.25, -0.2) is 9.37 Å². The first-order valence-electron chi connectivity index (χ1n) is 9.76. The van der Waals surface area contributed by atoms with Gasteiger partial charge in [-0.15, -0.1) is 10.2 Å². The standard InChI is InChI=1S/C20H15F7N4O3/c21-10-5-9-3-1-2-4-18(32,20(25,26)27)17-31-30-16(34-17)14-13(28)8-12(19(22,23)24)15(29-14)33-11(6-9)7-10/h5-8,32H,1-4,28H2/t18-/m1/s1. The fourth-order valence-corrected chi connectivity index (χ4v) is 3.47. The van der Waals surface area contributed by atoms with Crippen LogP contribution in [0.5, 0.6) is 11.6 Å². The first-order valence-corrected chi connectivity index (χ1v) is 9.76. The van der Waals surface area contributed by atoms with Crippen molar-refractivity contribution in [3.63, 3.8) is 0 Å². The lowest BCUT2D eigenvalue weighted by Gasteiger charge is -2.26. The summed E-state index contributed by atoms with van der Waals surface area (Å²) in [4.78, 5) is 3.64. The third kappa shape index (κ3) is 4.36. The minimum Gasteiger partial charge on any atom is -0.438 e. The molecule has 34 heavy (non-hydrogen) atoms. The summed E-state index contributed by atoms with van der Waals surface area (Å²) in [5.41, 5.74) is -0.331. The number of benzene rings is 1. The fourth-order valence-electron chi connectivity index (χ4n) is 3.47. The van der Waals surface area contributed by atoms with Gasteiger partial charge < -0.3 is 20.0 Å². The van der Waals surface area contributed by atoms with Crippen molar-refractivity contribution in [2.24, 2.45) is 0 Å². The third-order valence-electron chi connectivity index (χ3n) is 5.17. The molecule has 0 spiro atoms. The molecule has 3 N–H and O–H groups in total. The van der Waals surface area contributed by atoms with Crippen molar-refractivity contribution in [1.29, 1.82) is 0 Å². The van der Waals surface area contributed by atoms with Crippen LogP contribution in [0.3, 0.4) is 0 Å². The van der Waals surface area contributed by atoms with Gasteiger partial charge in [0.1, 0.15) is 17.1 Å². The molecule has 1 aliphatic heterocycles. The summed E-state index contributed by atoms with van der Waals surface area (Å²) < 4.78 is 106. The molecule has 3 aromatic rings. The summed E-state index contributed by atoms with van der Waals surface area (Å²) in [6.45, 7) is 0. The maximum atomic E-state index is 14.1. The summed E-state index contributed by atoms with van der Waals surface area (Å²) in [5, 5.41) is 17.0. The molecule has 182 valence electrons. The number of alkyl halides is 6. The number of halogens is 7. The van der Waals surface area contributed by atoms with E-state index in [4.69, 9.17) is 14.9 Å². The predicted octanol–water partition coefficient (Wildman–Crippen LogP) is 5.14. The quantitative estimate of drug-likeness (QED) is 0.419. The van der Waals surface area contributed by atoms with Crippen molar-refractivity contribution in [3.05, 3.63) is 47.1 Å². The lowest BCUT2D eigenvalue weighted by atomic mass is 9.94. The SMILES string of the molecule is Nc1cc(C(F)(F)F)c2nc1-c1nnc(o1)[C@@](O)(C(F)(F)F)CCCCc1cc(F)cc(c1)O2. The molecule has 0 amide bonds. The van der Waals surface area contributed by atoms with Gasteiger partial charge in [0.25, 0.3) is 11.8 Å². The van der Waals surface area contributed by atoms with Crippen LogP contribution in [0.4, 0.5) is 36.4 Å². The number of hydrogen-bond donors (Lipinski definition) is 2. The van der Waals surface area contributed by atoms with Crippen LogP contribution < -0.4 is 10.5 Å². The molecule has 1 atom stereocenters. The van der Waals surface area contributed by atoms with Crippen molar-refractivity contribution < 1.29 is 45.0 Å². The average Bonchev–Trinajstić information content (AvgIpc) is 3.20. The summed E-state index contributed by atoms with van der Waals surface area (Å²) in [7, 11) is 0. The lowest BCUT2D eigenvalue weighted by molar-refractivity contribution is -0.277. The molecule has 0 saturated heterocycles. The number of rotatable bonds is 0. The highest BCUT2D eigenvalue weighted by Crippen LogP contribution is 2.44. The molecular formula is C20H15F7N4O3. The highest BCUT2D eigenvalue weighted by molar-refractivity contribution is 5.68. The number of aryl methyl sites for hydroxylation is 1. The van der Waals surface area contributed by atoms with E-state index < -0.39 is 64.8 Å². The molecule has 1 aromatic carbocycles. The molecule has 7 nitrogen and oxygen atoms in total. The molecule has 1 aliphatic rings. The van der Waals surface area contributed by atoms with Crippen LogP contribution in [0.2, 0.25) is 0 Å². The Kier molecular flexibility index (Phi) is 5.66. The molecule has 14 heteroatoms. The average molecular weight is 492 g/mol. The second kappa shape index (κ2) is 8.11. The van der Waals surface area contributed by atoms with Gasteiger partial charge in [-0.05, 0) is 49.4 Å². The van der Waals surface area contributed by atoms with Crippen molar-refractivity contribution in [2.45, 2.75) is 43.6 Å². The second-order valence-electron chi connectivity index (χ2n) is 7.65. The Morgan fingerprint density at radius 2 is 1.74 bits per heavy atom. The number of aliphatic hydroxyl groups is 1. The van der Waals surface area contributed by atoms with Crippen molar-refractivity contribution in [3.8, 4) is 23.2 Å². The molecule has 4 rings (SSSR count). The fraction of sp³-hybridized carbons (Fsp3) is 0.350. The van der Waals surface area contributed by atoms with Crippen LogP contribution in [-0.4, -0.2) is 26.5 Å². The number of nitrogens with zero attached hydrogens (tertiary/aromatic N) is 3. The Balaban J connectivity index is 1.93. The molecule has 0 unspecified atom stereocenters. The monoisotopic (exact) mass is 492 g/mol. The van der Waals surface area contributed by atoms with E-state index in [1.807, 2.05) is 0 Å². The number of pyridine rings is 1. The Morgan fingerprint density at radius 3 is 2.41 bits per heavy atom. The zero-order chi connectivity index (χ0) is 24.9. The second-order valence-corrected chi connectivity index (χ2v) is 7.65. The largest absolute Gasteiger partial charge is 0.438 e. The lowest BCUT2D eigenvalue weighted by Crippen LogP contribution is -2.42. The third-order valence-corrected chi connectivity index (χ3v) is 5.17. The van der Waals surface area contributed by atoms with Gasteiger partial charge in [0.15, 0.2) is 5.69 Å². The van der Waals surface area contributed by atoms with Crippen molar-refractivity contribution >= 4 is 5.69 Å². The maximum Gasteiger partial charge on any atom is 0.426 e. The van der Waals surface area contributed by atoms with Gasteiger partial charge >= 0.3 is 12.4 Å². The smallest absolute Gasteiger partial charge is 0.426 e. The predicted molar refractivity (Wildman–Crippen MR) is 101 cm³/mol. The van der Waals surface area contributed by atoms with Crippen LogP contribution in [0.25, 0.3) is 11.6 Å². The van der Waals surface area contributed by atoms with Gasteiger partial charge in [-0.3, -0.25) is 0 Å². The summed E-state index contributed by atoms with van der Waals surface area (Å²) in [6, 6.07) is 3.56. The zero-order valence-corrected chi connectivity index (χ0v) is 17.0. The normalized spacial score (nSPS) is 19.2.